The zero-order valence-electron chi connectivity index (χ0n) is 10.9. The Morgan fingerprint density at radius 2 is 1.84 bits per heavy atom. The summed E-state index contributed by atoms with van der Waals surface area (Å²) in [5.74, 6) is 0. The molecule has 1 N–H and O–H groups in total. The van der Waals surface area contributed by atoms with E-state index in [0.717, 1.165) is 5.69 Å². The maximum atomic E-state index is 8.80. The second-order valence-electron chi connectivity index (χ2n) is 4.56. The van der Waals surface area contributed by atoms with Gasteiger partial charge in [-0.25, -0.2) is 0 Å². The fraction of sp³-hybridized carbons (Fsp3) is 0.188. The minimum absolute atomic E-state index is 0.214. The van der Waals surface area contributed by atoms with Gasteiger partial charge in [0.05, 0.1) is 11.6 Å². The van der Waals surface area contributed by atoms with Gasteiger partial charge >= 0.3 is 0 Å². The van der Waals surface area contributed by atoms with E-state index < -0.39 is 0 Å². The molecule has 0 fully saturated rings. The molecule has 2 rings (SSSR count). The van der Waals surface area contributed by atoms with Gasteiger partial charge in [0, 0.05) is 15.3 Å². The number of rotatable bonds is 3. The van der Waals surface area contributed by atoms with Gasteiger partial charge in [0.25, 0.3) is 0 Å². The first-order valence-electron chi connectivity index (χ1n) is 6.13. The summed E-state index contributed by atoms with van der Waals surface area (Å²) >= 11 is 2.32. The fourth-order valence-electron chi connectivity index (χ4n) is 1.95. The number of hydrogen-bond donors (Lipinski definition) is 1. The largest absolute Gasteiger partial charge is 0.378 e. The Morgan fingerprint density at radius 1 is 1.16 bits per heavy atom. The molecule has 3 heteroatoms. The Labute approximate surface area is 127 Å². The van der Waals surface area contributed by atoms with Crippen molar-refractivity contribution in [2.75, 3.05) is 5.32 Å². The van der Waals surface area contributed by atoms with E-state index in [4.69, 9.17) is 5.26 Å². The summed E-state index contributed by atoms with van der Waals surface area (Å²) in [4.78, 5) is 0. The van der Waals surface area contributed by atoms with Crippen LogP contribution in [0.4, 0.5) is 5.69 Å². The third kappa shape index (κ3) is 3.48. The van der Waals surface area contributed by atoms with Gasteiger partial charge in [-0.2, -0.15) is 5.26 Å². The first-order chi connectivity index (χ1) is 9.10. The van der Waals surface area contributed by atoms with Gasteiger partial charge in [-0.15, -0.1) is 0 Å². The quantitative estimate of drug-likeness (QED) is 0.808. The van der Waals surface area contributed by atoms with Crippen molar-refractivity contribution in [1.29, 1.82) is 5.26 Å². The highest BCUT2D eigenvalue weighted by atomic mass is 127. The lowest BCUT2D eigenvalue weighted by atomic mass is 10.1. The Kier molecular flexibility index (Phi) is 4.43. The van der Waals surface area contributed by atoms with E-state index in [-0.39, 0.29) is 6.04 Å². The summed E-state index contributed by atoms with van der Waals surface area (Å²) in [6, 6.07) is 16.4. The van der Waals surface area contributed by atoms with Crippen LogP contribution < -0.4 is 5.32 Å². The molecule has 2 aromatic carbocycles. The Bertz CT molecular complexity index is 612. The molecule has 96 valence electrons. The molecule has 2 aromatic rings. The molecular formula is C16H15IN2. The first-order valence-corrected chi connectivity index (χ1v) is 7.21. The molecule has 0 aliphatic heterocycles. The van der Waals surface area contributed by atoms with Crippen molar-refractivity contribution in [1.82, 2.24) is 0 Å². The Balaban J connectivity index is 2.16. The molecule has 0 aliphatic carbocycles. The molecule has 0 bridgehead atoms. The number of hydrogen-bond acceptors (Lipinski definition) is 2. The topological polar surface area (TPSA) is 35.8 Å². The van der Waals surface area contributed by atoms with Crippen molar-refractivity contribution >= 4 is 28.3 Å². The van der Waals surface area contributed by atoms with Crippen LogP contribution in [0.2, 0.25) is 0 Å². The zero-order valence-corrected chi connectivity index (χ0v) is 13.1. The van der Waals surface area contributed by atoms with E-state index in [1.807, 2.05) is 24.3 Å². The summed E-state index contributed by atoms with van der Waals surface area (Å²) in [7, 11) is 0. The van der Waals surface area contributed by atoms with Gasteiger partial charge in [0.1, 0.15) is 0 Å². The van der Waals surface area contributed by atoms with Crippen LogP contribution in [-0.4, -0.2) is 0 Å². The van der Waals surface area contributed by atoms with Gasteiger partial charge in [-0.05, 0) is 77.9 Å². The molecule has 1 unspecified atom stereocenters. The van der Waals surface area contributed by atoms with E-state index >= 15 is 0 Å². The molecule has 2 nitrogen and oxygen atoms in total. The normalized spacial score (nSPS) is 11.7. The average Bonchev–Trinajstić information content (AvgIpc) is 2.42. The number of benzene rings is 2. The van der Waals surface area contributed by atoms with E-state index in [2.05, 4.69) is 66.0 Å². The standard InChI is InChI=1S/C16H15IN2/c1-11-9-15(17)7-8-16(11)19-12(2)14-5-3-13(10-18)4-6-14/h3-9,12,19H,1-2H3. The molecule has 0 aliphatic rings. The van der Waals surface area contributed by atoms with Crippen LogP contribution in [0, 0.1) is 21.8 Å². The molecule has 0 aromatic heterocycles. The van der Waals surface area contributed by atoms with Gasteiger partial charge < -0.3 is 5.32 Å². The summed E-state index contributed by atoms with van der Waals surface area (Å²) < 4.78 is 1.24. The summed E-state index contributed by atoms with van der Waals surface area (Å²) in [5, 5.41) is 12.3. The number of halogens is 1. The van der Waals surface area contributed by atoms with Crippen molar-refractivity contribution < 1.29 is 0 Å². The molecular weight excluding hydrogens is 347 g/mol. The summed E-state index contributed by atoms with van der Waals surface area (Å²) in [6.07, 6.45) is 0. The Hall–Kier alpha value is -1.54. The van der Waals surface area contributed by atoms with Crippen molar-refractivity contribution in [2.24, 2.45) is 0 Å². The van der Waals surface area contributed by atoms with Crippen molar-refractivity contribution in [3.05, 3.63) is 62.7 Å². The summed E-state index contributed by atoms with van der Waals surface area (Å²) in [6.45, 7) is 4.23. The predicted octanol–water partition coefficient (Wildman–Crippen LogP) is 4.64. The second-order valence-corrected chi connectivity index (χ2v) is 5.80. The molecule has 0 radical (unpaired) electrons. The molecule has 1 atom stereocenters. The van der Waals surface area contributed by atoms with Crippen LogP contribution in [0.15, 0.2) is 42.5 Å². The van der Waals surface area contributed by atoms with E-state index in [9.17, 15) is 0 Å². The lowest BCUT2D eigenvalue weighted by Crippen LogP contribution is -2.07. The number of nitrogens with zero attached hydrogens (tertiary/aromatic N) is 1. The minimum Gasteiger partial charge on any atom is -0.378 e. The van der Waals surface area contributed by atoms with Gasteiger partial charge in [-0.1, -0.05) is 12.1 Å². The smallest absolute Gasteiger partial charge is 0.0991 e. The van der Waals surface area contributed by atoms with Crippen LogP contribution in [0.5, 0.6) is 0 Å². The van der Waals surface area contributed by atoms with E-state index in [0.29, 0.717) is 5.56 Å². The van der Waals surface area contributed by atoms with Crippen molar-refractivity contribution in [3.8, 4) is 6.07 Å². The number of anilines is 1. The maximum Gasteiger partial charge on any atom is 0.0991 e. The first kappa shape index (κ1) is 13.9. The van der Waals surface area contributed by atoms with Gasteiger partial charge in [0.2, 0.25) is 0 Å². The molecule has 0 heterocycles. The zero-order chi connectivity index (χ0) is 13.8. The average molecular weight is 362 g/mol. The summed E-state index contributed by atoms with van der Waals surface area (Å²) in [5.41, 5.74) is 4.27. The SMILES string of the molecule is Cc1cc(I)ccc1NC(C)c1ccc(C#N)cc1. The number of aryl methyl sites for hydroxylation is 1. The predicted molar refractivity (Wildman–Crippen MR) is 87.1 cm³/mol. The molecule has 0 saturated carbocycles. The van der Waals surface area contributed by atoms with Gasteiger partial charge in [0.15, 0.2) is 0 Å². The number of nitrogens with one attached hydrogen (secondary N) is 1. The molecule has 19 heavy (non-hydrogen) atoms. The van der Waals surface area contributed by atoms with Crippen LogP contribution in [0.25, 0.3) is 0 Å². The second kappa shape index (κ2) is 6.07. The van der Waals surface area contributed by atoms with Crippen molar-refractivity contribution in [3.63, 3.8) is 0 Å². The maximum absolute atomic E-state index is 8.80. The van der Waals surface area contributed by atoms with Gasteiger partial charge in [-0.3, -0.25) is 0 Å². The minimum atomic E-state index is 0.214. The van der Waals surface area contributed by atoms with Crippen LogP contribution in [0.3, 0.4) is 0 Å². The highest BCUT2D eigenvalue weighted by Gasteiger charge is 2.07. The lowest BCUT2D eigenvalue weighted by Gasteiger charge is -2.17. The fourth-order valence-corrected chi connectivity index (χ4v) is 2.60. The van der Waals surface area contributed by atoms with Crippen LogP contribution in [-0.2, 0) is 0 Å². The van der Waals surface area contributed by atoms with Crippen molar-refractivity contribution in [2.45, 2.75) is 19.9 Å². The highest BCUT2D eigenvalue weighted by molar-refractivity contribution is 14.1. The molecule has 0 saturated heterocycles. The van der Waals surface area contributed by atoms with Crippen LogP contribution in [0.1, 0.15) is 29.7 Å². The lowest BCUT2D eigenvalue weighted by molar-refractivity contribution is 0.882. The van der Waals surface area contributed by atoms with E-state index in [1.165, 1.54) is 14.7 Å². The highest BCUT2D eigenvalue weighted by Crippen LogP contribution is 2.23. The Morgan fingerprint density at radius 3 is 2.42 bits per heavy atom. The monoisotopic (exact) mass is 362 g/mol. The number of nitriles is 1. The third-order valence-electron chi connectivity index (χ3n) is 3.10. The van der Waals surface area contributed by atoms with Crippen LogP contribution >= 0.6 is 22.6 Å². The molecule has 0 amide bonds. The third-order valence-corrected chi connectivity index (χ3v) is 3.77. The van der Waals surface area contributed by atoms with E-state index in [1.54, 1.807) is 0 Å². The molecule has 0 spiro atoms.